The van der Waals surface area contributed by atoms with Gasteiger partial charge < -0.3 is 15.3 Å². The van der Waals surface area contributed by atoms with Crippen LogP contribution in [0.2, 0.25) is 0 Å². The number of hydrogen-bond acceptors (Lipinski definition) is 3. The van der Waals surface area contributed by atoms with Gasteiger partial charge in [-0.05, 0) is 79.4 Å². The van der Waals surface area contributed by atoms with Crippen molar-refractivity contribution in [1.82, 2.24) is 0 Å². The molecule has 4 rings (SSSR count). The molecule has 3 heteroatoms. The molecule has 0 amide bonds. The number of hydrogen-bond donors (Lipinski definition) is 3. The number of fused-ring (bicyclic) bond motifs is 5. The third-order valence-electron chi connectivity index (χ3n) is 7.72. The first-order valence-corrected chi connectivity index (χ1v) is 8.94. The predicted octanol–water partition coefficient (Wildman–Crippen LogP) is 4.27. The summed E-state index contributed by atoms with van der Waals surface area (Å²) in [5, 5.41) is 31.4. The Morgan fingerprint density at radius 3 is 2.65 bits per heavy atom. The van der Waals surface area contributed by atoms with Crippen molar-refractivity contribution in [3.05, 3.63) is 35.3 Å². The summed E-state index contributed by atoms with van der Waals surface area (Å²) in [6.45, 7) is 6.51. The maximum Gasteiger partial charge on any atom is 0.111 e. The van der Waals surface area contributed by atoms with Crippen LogP contribution in [0.4, 0.5) is 0 Å². The van der Waals surface area contributed by atoms with E-state index in [4.69, 9.17) is 0 Å². The van der Waals surface area contributed by atoms with E-state index in [0.29, 0.717) is 29.8 Å². The second-order valence-corrected chi connectivity index (χ2v) is 8.78. The number of aliphatic hydroxyl groups excluding tert-OH is 3. The van der Waals surface area contributed by atoms with Crippen molar-refractivity contribution in [3.63, 3.8) is 0 Å². The Morgan fingerprint density at radius 1 is 1.17 bits per heavy atom. The molecule has 2 saturated carbocycles. The molecule has 0 radical (unpaired) electrons. The molecule has 0 spiro atoms. The van der Waals surface area contributed by atoms with Crippen LogP contribution in [0.3, 0.4) is 0 Å². The van der Waals surface area contributed by atoms with Crippen molar-refractivity contribution in [3.8, 4) is 0 Å². The Labute approximate surface area is 138 Å². The smallest absolute Gasteiger partial charge is 0.111 e. The van der Waals surface area contributed by atoms with E-state index in [1.165, 1.54) is 0 Å². The van der Waals surface area contributed by atoms with Gasteiger partial charge in [0.05, 0.1) is 11.9 Å². The van der Waals surface area contributed by atoms with Crippen molar-refractivity contribution in [2.45, 2.75) is 52.6 Å². The molecule has 126 valence electrons. The van der Waals surface area contributed by atoms with Gasteiger partial charge in [0.1, 0.15) is 5.76 Å². The average Bonchev–Trinajstić information content (AvgIpc) is 2.73. The van der Waals surface area contributed by atoms with Gasteiger partial charge >= 0.3 is 0 Å². The van der Waals surface area contributed by atoms with Crippen molar-refractivity contribution in [2.75, 3.05) is 0 Å². The highest BCUT2D eigenvalue weighted by Gasteiger charge is 2.61. The molecule has 0 aromatic rings. The molecule has 4 aliphatic carbocycles. The van der Waals surface area contributed by atoms with Crippen LogP contribution in [-0.2, 0) is 0 Å². The third-order valence-corrected chi connectivity index (χ3v) is 7.72. The molecule has 0 aromatic carbocycles. The molecule has 3 unspecified atom stereocenters. The zero-order valence-electron chi connectivity index (χ0n) is 14.3. The number of rotatable bonds is 0. The summed E-state index contributed by atoms with van der Waals surface area (Å²) < 4.78 is 0. The lowest BCUT2D eigenvalue weighted by Crippen LogP contribution is -2.56. The highest BCUT2D eigenvalue weighted by molar-refractivity contribution is 5.31. The molecule has 0 saturated heterocycles. The summed E-state index contributed by atoms with van der Waals surface area (Å²) in [6, 6.07) is 0. The SMILES string of the molecule is CC1=C(O)[C@@]2(C)CCC3C(C2C1)[C@@H](O)C[C@H]1C=C(O)C=C[C@]31C. The second-order valence-electron chi connectivity index (χ2n) is 8.78. The van der Waals surface area contributed by atoms with Gasteiger partial charge in [-0.1, -0.05) is 19.9 Å². The molecular formula is C20H28O3. The number of allylic oxidation sites excluding steroid dienone is 5. The fourth-order valence-corrected chi connectivity index (χ4v) is 6.34. The lowest BCUT2D eigenvalue weighted by Gasteiger charge is -2.59. The normalized spacial score (nSPS) is 51.8. The Bertz CT molecular complexity index is 631. The maximum atomic E-state index is 10.9. The highest BCUT2D eigenvalue weighted by Crippen LogP contribution is 2.65. The second kappa shape index (κ2) is 4.66. The molecule has 2 fully saturated rings. The van der Waals surface area contributed by atoms with Crippen LogP contribution in [0.25, 0.3) is 0 Å². The Balaban J connectivity index is 1.74. The van der Waals surface area contributed by atoms with E-state index >= 15 is 0 Å². The van der Waals surface area contributed by atoms with Gasteiger partial charge in [-0.25, -0.2) is 0 Å². The predicted molar refractivity (Wildman–Crippen MR) is 89.8 cm³/mol. The van der Waals surface area contributed by atoms with E-state index in [0.717, 1.165) is 24.8 Å². The first-order chi connectivity index (χ1) is 10.8. The molecule has 3 N–H and O–H groups in total. The van der Waals surface area contributed by atoms with E-state index < -0.39 is 0 Å². The van der Waals surface area contributed by atoms with E-state index in [-0.39, 0.29) is 28.8 Å². The molecule has 0 heterocycles. The average molecular weight is 316 g/mol. The molecule has 0 aromatic heterocycles. The van der Waals surface area contributed by atoms with Crippen LogP contribution in [0.15, 0.2) is 35.3 Å². The van der Waals surface area contributed by atoms with E-state index in [1.807, 2.05) is 19.1 Å². The summed E-state index contributed by atoms with van der Waals surface area (Å²) in [7, 11) is 0. The number of aliphatic hydroxyl groups is 3. The van der Waals surface area contributed by atoms with Gasteiger partial charge in [0.25, 0.3) is 0 Å². The first-order valence-electron chi connectivity index (χ1n) is 8.94. The maximum absolute atomic E-state index is 10.9. The molecule has 23 heavy (non-hydrogen) atoms. The monoisotopic (exact) mass is 316 g/mol. The summed E-state index contributed by atoms with van der Waals surface area (Å²) >= 11 is 0. The van der Waals surface area contributed by atoms with Crippen molar-refractivity contribution >= 4 is 0 Å². The van der Waals surface area contributed by atoms with Gasteiger partial charge in [0.2, 0.25) is 0 Å². The molecule has 4 aliphatic rings. The van der Waals surface area contributed by atoms with Gasteiger partial charge in [0, 0.05) is 5.41 Å². The first kappa shape index (κ1) is 15.3. The van der Waals surface area contributed by atoms with Gasteiger partial charge in [-0.15, -0.1) is 0 Å². The summed E-state index contributed by atoms with van der Waals surface area (Å²) in [5.74, 6) is 2.09. The van der Waals surface area contributed by atoms with Crippen LogP contribution >= 0.6 is 0 Å². The van der Waals surface area contributed by atoms with Crippen molar-refractivity contribution < 1.29 is 15.3 Å². The standard InChI is InChI=1S/C20H28O3/c1-11-8-15-17-14(5-7-20(15,3)18(11)23)19(2)6-4-13(21)9-12(19)10-16(17)22/h4,6,9,12,14-17,21-23H,5,7-8,10H2,1-3H3/t12-,14?,15?,16+,17?,19+,20+/m1/s1. The third kappa shape index (κ3) is 1.86. The fraction of sp³-hybridized carbons (Fsp3) is 0.700. The minimum absolute atomic E-state index is 0.00354. The van der Waals surface area contributed by atoms with Gasteiger partial charge in [0.15, 0.2) is 0 Å². The van der Waals surface area contributed by atoms with Crippen LogP contribution in [0.5, 0.6) is 0 Å². The molecule has 3 nitrogen and oxygen atoms in total. The van der Waals surface area contributed by atoms with Crippen molar-refractivity contribution in [2.24, 2.45) is 34.5 Å². The molecular weight excluding hydrogens is 288 g/mol. The Morgan fingerprint density at radius 2 is 1.91 bits per heavy atom. The zero-order valence-corrected chi connectivity index (χ0v) is 14.3. The largest absolute Gasteiger partial charge is 0.512 e. The summed E-state index contributed by atoms with van der Waals surface area (Å²) in [5.41, 5.74) is 0.948. The minimum atomic E-state index is -0.350. The van der Waals surface area contributed by atoms with Gasteiger partial charge in [-0.2, -0.15) is 0 Å². The lowest BCUT2D eigenvalue weighted by molar-refractivity contribution is -0.123. The fourth-order valence-electron chi connectivity index (χ4n) is 6.34. The van der Waals surface area contributed by atoms with Crippen LogP contribution < -0.4 is 0 Å². The van der Waals surface area contributed by atoms with E-state index in [2.05, 4.69) is 19.9 Å². The molecule has 0 aliphatic heterocycles. The van der Waals surface area contributed by atoms with E-state index in [9.17, 15) is 15.3 Å². The van der Waals surface area contributed by atoms with Crippen LogP contribution in [0.1, 0.15) is 46.5 Å². The molecule has 7 atom stereocenters. The Hall–Kier alpha value is -1.22. The van der Waals surface area contributed by atoms with Gasteiger partial charge in [-0.3, -0.25) is 0 Å². The highest BCUT2D eigenvalue weighted by atomic mass is 16.3. The molecule has 0 bridgehead atoms. The zero-order chi connectivity index (χ0) is 16.6. The summed E-state index contributed by atoms with van der Waals surface area (Å²) in [4.78, 5) is 0. The van der Waals surface area contributed by atoms with Crippen LogP contribution in [0, 0.1) is 34.5 Å². The lowest BCUT2D eigenvalue weighted by atomic mass is 9.46. The summed E-state index contributed by atoms with van der Waals surface area (Å²) in [6.07, 6.45) is 9.21. The quantitative estimate of drug-likeness (QED) is 0.625. The topological polar surface area (TPSA) is 60.7 Å². The minimum Gasteiger partial charge on any atom is -0.512 e. The van der Waals surface area contributed by atoms with Crippen LogP contribution in [-0.4, -0.2) is 21.4 Å². The Kier molecular flexibility index (Phi) is 3.10. The van der Waals surface area contributed by atoms with Crippen molar-refractivity contribution in [1.29, 1.82) is 0 Å². The van der Waals surface area contributed by atoms with E-state index in [1.54, 1.807) is 0 Å².